The SMILES string of the molecule is COc1cccc(CCNC(=O)c2coc(NC(=O)c3ccccc3)n2)c1. The standard InChI is InChI=1S/C20H19N3O4/c1-26-16-9-5-6-14(12-16)10-11-21-19(25)17-13-27-20(22-17)23-18(24)15-7-3-2-4-8-15/h2-9,12-13H,10-11H2,1H3,(H,21,25)(H,22,23,24). The number of oxazole rings is 1. The highest BCUT2D eigenvalue weighted by Crippen LogP contribution is 2.13. The van der Waals surface area contributed by atoms with Crippen molar-refractivity contribution in [3.8, 4) is 5.75 Å². The van der Waals surface area contributed by atoms with Gasteiger partial charge in [-0.25, -0.2) is 0 Å². The van der Waals surface area contributed by atoms with Gasteiger partial charge in [0.15, 0.2) is 5.69 Å². The average molecular weight is 365 g/mol. The Hall–Kier alpha value is -3.61. The highest BCUT2D eigenvalue weighted by atomic mass is 16.5. The van der Waals surface area contributed by atoms with Gasteiger partial charge in [-0.3, -0.25) is 14.9 Å². The zero-order valence-electron chi connectivity index (χ0n) is 14.8. The summed E-state index contributed by atoms with van der Waals surface area (Å²) in [6, 6.07) is 16.3. The first-order valence-corrected chi connectivity index (χ1v) is 8.39. The second-order valence-corrected chi connectivity index (χ2v) is 5.72. The fraction of sp³-hybridized carbons (Fsp3) is 0.150. The van der Waals surface area contributed by atoms with Gasteiger partial charge in [-0.1, -0.05) is 30.3 Å². The number of nitrogens with zero attached hydrogens (tertiary/aromatic N) is 1. The Labute approximate surface area is 156 Å². The predicted molar refractivity (Wildman–Crippen MR) is 99.9 cm³/mol. The topological polar surface area (TPSA) is 93.5 Å². The molecule has 0 radical (unpaired) electrons. The summed E-state index contributed by atoms with van der Waals surface area (Å²) in [6.45, 7) is 0.435. The molecule has 0 spiro atoms. The quantitative estimate of drug-likeness (QED) is 0.671. The van der Waals surface area contributed by atoms with Crippen molar-refractivity contribution in [1.82, 2.24) is 10.3 Å². The van der Waals surface area contributed by atoms with Crippen LogP contribution in [0.15, 0.2) is 65.3 Å². The van der Waals surface area contributed by atoms with Crippen LogP contribution in [0.1, 0.15) is 26.4 Å². The molecule has 0 aliphatic rings. The Morgan fingerprint density at radius 1 is 1.07 bits per heavy atom. The summed E-state index contributed by atoms with van der Waals surface area (Å²) in [5, 5.41) is 5.29. The lowest BCUT2D eigenvalue weighted by molar-refractivity contribution is 0.0948. The molecular weight excluding hydrogens is 346 g/mol. The zero-order valence-corrected chi connectivity index (χ0v) is 14.8. The summed E-state index contributed by atoms with van der Waals surface area (Å²) in [4.78, 5) is 28.2. The largest absolute Gasteiger partial charge is 0.497 e. The molecule has 0 saturated carbocycles. The van der Waals surface area contributed by atoms with Crippen LogP contribution < -0.4 is 15.4 Å². The molecule has 2 N–H and O–H groups in total. The molecule has 0 bridgehead atoms. The van der Waals surface area contributed by atoms with E-state index >= 15 is 0 Å². The van der Waals surface area contributed by atoms with E-state index < -0.39 is 0 Å². The lowest BCUT2D eigenvalue weighted by Gasteiger charge is -2.05. The molecule has 7 heteroatoms. The lowest BCUT2D eigenvalue weighted by atomic mass is 10.1. The molecule has 0 fully saturated rings. The molecule has 1 aromatic heterocycles. The Balaban J connectivity index is 1.51. The van der Waals surface area contributed by atoms with Crippen molar-refractivity contribution in [2.24, 2.45) is 0 Å². The van der Waals surface area contributed by atoms with Crippen molar-refractivity contribution in [2.45, 2.75) is 6.42 Å². The first-order valence-electron chi connectivity index (χ1n) is 8.39. The third-order valence-corrected chi connectivity index (χ3v) is 3.83. The summed E-state index contributed by atoms with van der Waals surface area (Å²) in [5.41, 5.74) is 1.62. The van der Waals surface area contributed by atoms with Gasteiger partial charge in [0.1, 0.15) is 12.0 Å². The van der Waals surface area contributed by atoms with Crippen LogP contribution in [0.4, 0.5) is 6.01 Å². The van der Waals surface area contributed by atoms with E-state index in [1.54, 1.807) is 31.4 Å². The zero-order chi connectivity index (χ0) is 19.1. The van der Waals surface area contributed by atoms with Gasteiger partial charge in [0.25, 0.3) is 11.8 Å². The van der Waals surface area contributed by atoms with Crippen LogP contribution in [0, 0.1) is 0 Å². The average Bonchev–Trinajstić information content (AvgIpc) is 3.17. The fourth-order valence-electron chi connectivity index (χ4n) is 2.43. The summed E-state index contributed by atoms with van der Waals surface area (Å²) < 4.78 is 10.3. The predicted octanol–water partition coefficient (Wildman–Crippen LogP) is 2.91. The lowest BCUT2D eigenvalue weighted by Crippen LogP contribution is -2.26. The Morgan fingerprint density at radius 2 is 1.89 bits per heavy atom. The maximum atomic E-state index is 12.2. The molecule has 0 unspecified atom stereocenters. The molecule has 1 heterocycles. The van der Waals surface area contributed by atoms with Crippen LogP contribution in [0.5, 0.6) is 5.75 Å². The number of carbonyl (C=O) groups is 2. The van der Waals surface area contributed by atoms with E-state index in [-0.39, 0.29) is 23.5 Å². The van der Waals surface area contributed by atoms with Crippen LogP contribution in [0.3, 0.4) is 0 Å². The molecule has 2 amide bonds. The molecule has 3 aromatic rings. The number of rotatable bonds is 7. The maximum absolute atomic E-state index is 12.2. The molecule has 0 atom stereocenters. The number of anilines is 1. The van der Waals surface area contributed by atoms with Crippen LogP contribution in [0.2, 0.25) is 0 Å². The van der Waals surface area contributed by atoms with Crippen molar-refractivity contribution in [1.29, 1.82) is 0 Å². The summed E-state index contributed by atoms with van der Waals surface area (Å²) in [6.07, 6.45) is 1.86. The number of benzene rings is 2. The van der Waals surface area contributed by atoms with E-state index in [9.17, 15) is 9.59 Å². The maximum Gasteiger partial charge on any atom is 0.302 e. The number of hydrogen-bond acceptors (Lipinski definition) is 5. The third kappa shape index (κ3) is 4.94. The van der Waals surface area contributed by atoms with Gasteiger partial charge in [-0.2, -0.15) is 4.98 Å². The number of nitrogens with one attached hydrogen (secondary N) is 2. The van der Waals surface area contributed by atoms with Gasteiger partial charge in [0, 0.05) is 12.1 Å². The van der Waals surface area contributed by atoms with Crippen molar-refractivity contribution < 1.29 is 18.7 Å². The molecule has 0 aliphatic carbocycles. The van der Waals surface area contributed by atoms with Crippen molar-refractivity contribution in [3.05, 3.63) is 77.7 Å². The minimum Gasteiger partial charge on any atom is -0.497 e. The molecule has 138 valence electrons. The second kappa shape index (κ2) is 8.66. The first-order chi connectivity index (χ1) is 13.2. The Kier molecular flexibility index (Phi) is 5.84. The van der Waals surface area contributed by atoms with Gasteiger partial charge in [0.05, 0.1) is 7.11 Å². The van der Waals surface area contributed by atoms with E-state index in [1.165, 1.54) is 6.26 Å². The number of aromatic nitrogens is 1. The third-order valence-electron chi connectivity index (χ3n) is 3.83. The molecule has 3 rings (SSSR count). The molecule has 7 nitrogen and oxygen atoms in total. The van der Waals surface area contributed by atoms with Gasteiger partial charge >= 0.3 is 6.01 Å². The monoisotopic (exact) mass is 365 g/mol. The van der Waals surface area contributed by atoms with Crippen molar-refractivity contribution in [3.63, 3.8) is 0 Å². The minimum absolute atomic E-state index is 0.0261. The number of hydrogen-bond donors (Lipinski definition) is 2. The highest BCUT2D eigenvalue weighted by molar-refractivity contribution is 6.03. The summed E-state index contributed by atoms with van der Waals surface area (Å²) in [7, 11) is 1.61. The highest BCUT2D eigenvalue weighted by Gasteiger charge is 2.14. The van der Waals surface area contributed by atoms with Gasteiger partial charge in [-0.05, 0) is 36.2 Å². The Bertz CT molecular complexity index is 922. The smallest absolute Gasteiger partial charge is 0.302 e. The van der Waals surface area contributed by atoms with E-state index in [0.29, 0.717) is 18.5 Å². The van der Waals surface area contributed by atoms with Crippen molar-refractivity contribution in [2.75, 3.05) is 19.0 Å². The number of ether oxygens (including phenoxy) is 1. The van der Waals surface area contributed by atoms with E-state index in [4.69, 9.17) is 9.15 Å². The first kappa shape index (κ1) is 18.2. The number of carbonyl (C=O) groups excluding carboxylic acids is 2. The van der Waals surface area contributed by atoms with Crippen LogP contribution in [0.25, 0.3) is 0 Å². The second-order valence-electron chi connectivity index (χ2n) is 5.72. The van der Waals surface area contributed by atoms with Crippen molar-refractivity contribution >= 4 is 17.8 Å². The minimum atomic E-state index is -0.373. The van der Waals surface area contributed by atoms with Crippen LogP contribution in [-0.2, 0) is 6.42 Å². The Morgan fingerprint density at radius 3 is 2.67 bits per heavy atom. The molecule has 2 aromatic carbocycles. The molecule has 0 aliphatic heterocycles. The normalized spacial score (nSPS) is 10.3. The van der Waals surface area contributed by atoms with Gasteiger partial charge in [-0.15, -0.1) is 0 Å². The van der Waals surface area contributed by atoms with Crippen LogP contribution >= 0.6 is 0 Å². The van der Waals surface area contributed by atoms with Crippen LogP contribution in [-0.4, -0.2) is 30.5 Å². The number of methoxy groups -OCH3 is 1. The number of amides is 2. The van der Waals surface area contributed by atoms with Gasteiger partial charge < -0.3 is 14.5 Å². The van der Waals surface area contributed by atoms with E-state index in [0.717, 1.165) is 11.3 Å². The summed E-state index contributed by atoms with van der Waals surface area (Å²) >= 11 is 0. The molecular formula is C20H19N3O4. The molecule has 0 saturated heterocycles. The molecule has 27 heavy (non-hydrogen) atoms. The van der Waals surface area contributed by atoms with Gasteiger partial charge in [0.2, 0.25) is 0 Å². The fourth-order valence-corrected chi connectivity index (χ4v) is 2.43. The summed E-state index contributed by atoms with van der Waals surface area (Å²) in [5.74, 6) is 0.0402. The van der Waals surface area contributed by atoms with E-state index in [1.807, 2.05) is 30.3 Å². The van der Waals surface area contributed by atoms with E-state index in [2.05, 4.69) is 15.6 Å².